The van der Waals surface area contributed by atoms with E-state index in [4.69, 9.17) is 0 Å². The number of carbonyl (C=O) groups excluding carboxylic acids is 1. The smallest absolute Gasteiger partial charge is 0.234 e. The molecule has 3 saturated heterocycles. The Morgan fingerprint density at radius 2 is 1.88 bits per heavy atom. The Labute approximate surface area is 198 Å². The van der Waals surface area contributed by atoms with E-state index in [0.29, 0.717) is 29.5 Å². The highest BCUT2D eigenvalue weighted by atomic mass is 16.3. The van der Waals surface area contributed by atoms with Crippen LogP contribution < -0.4 is 10.2 Å². The molecule has 0 radical (unpaired) electrons. The van der Waals surface area contributed by atoms with Crippen molar-refractivity contribution in [3.63, 3.8) is 0 Å². The number of rotatable bonds is 4. The molecule has 1 spiro atoms. The van der Waals surface area contributed by atoms with E-state index in [9.17, 15) is 9.90 Å². The lowest BCUT2D eigenvalue weighted by atomic mass is 9.69. The number of nitrogens with zero attached hydrogens (tertiary/aromatic N) is 6. The highest BCUT2D eigenvalue weighted by molar-refractivity contribution is 5.89. The topological polar surface area (TPSA) is 99.4 Å². The normalized spacial score (nSPS) is 20.6. The molecule has 1 amide bonds. The molecule has 0 unspecified atom stereocenters. The predicted octanol–water partition coefficient (Wildman–Crippen LogP) is 1.55. The minimum absolute atomic E-state index is 0.183. The zero-order valence-electron chi connectivity index (χ0n) is 19.3. The van der Waals surface area contributed by atoms with Gasteiger partial charge in [-0.25, -0.2) is 0 Å². The van der Waals surface area contributed by atoms with Gasteiger partial charge in [0.1, 0.15) is 5.75 Å². The van der Waals surface area contributed by atoms with Crippen LogP contribution in [0.3, 0.4) is 0 Å². The molecule has 0 bridgehead atoms. The van der Waals surface area contributed by atoms with Crippen molar-refractivity contribution in [3.8, 4) is 17.0 Å². The molecule has 2 aromatic heterocycles. The number of benzene rings is 1. The molecule has 6 rings (SSSR count). The number of phenols is 1. The van der Waals surface area contributed by atoms with Gasteiger partial charge in [0.15, 0.2) is 0 Å². The number of phenolic OH excluding ortho intramolecular Hbond substituents is 1. The van der Waals surface area contributed by atoms with E-state index in [1.54, 1.807) is 24.5 Å². The first kappa shape index (κ1) is 21.1. The van der Waals surface area contributed by atoms with E-state index in [0.717, 1.165) is 50.6 Å². The summed E-state index contributed by atoms with van der Waals surface area (Å²) in [7, 11) is 1.93. The molecule has 3 fully saturated rings. The van der Waals surface area contributed by atoms with Crippen molar-refractivity contribution in [2.45, 2.75) is 18.3 Å². The zero-order chi connectivity index (χ0) is 23.3. The van der Waals surface area contributed by atoms with Crippen LogP contribution in [0.25, 0.3) is 11.3 Å². The van der Waals surface area contributed by atoms with E-state index in [-0.39, 0.29) is 11.7 Å². The third kappa shape index (κ3) is 3.26. The third-order valence-electron chi connectivity index (χ3n) is 7.86. The molecule has 176 valence electrons. The number of carbonyl (C=O) groups is 1. The van der Waals surface area contributed by atoms with Gasteiger partial charge in [-0.05, 0) is 37.1 Å². The Balaban J connectivity index is 1.24. The number of para-hydroxylation sites is 1. The summed E-state index contributed by atoms with van der Waals surface area (Å²) >= 11 is 0. The molecule has 3 aliphatic heterocycles. The zero-order valence-corrected chi connectivity index (χ0v) is 19.3. The van der Waals surface area contributed by atoms with Gasteiger partial charge in [-0.15, -0.1) is 0 Å². The minimum Gasteiger partial charge on any atom is -0.507 e. The van der Waals surface area contributed by atoms with E-state index in [2.05, 4.69) is 25.5 Å². The molecule has 2 N–H and O–H groups in total. The summed E-state index contributed by atoms with van der Waals surface area (Å²) in [5, 5.41) is 26.4. The lowest BCUT2D eigenvalue weighted by molar-refractivity contribution is -0.154. The van der Waals surface area contributed by atoms with Gasteiger partial charge in [-0.2, -0.15) is 15.3 Å². The van der Waals surface area contributed by atoms with E-state index in [1.165, 1.54) is 0 Å². The van der Waals surface area contributed by atoms with E-state index in [1.807, 2.05) is 40.9 Å². The van der Waals surface area contributed by atoms with Crippen LogP contribution >= 0.6 is 0 Å². The molecular formula is C25H29N7O2. The first-order valence-corrected chi connectivity index (χ1v) is 11.8. The van der Waals surface area contributed by atoms with Crippen LogP contribution in [0.2, 0.25) is 0 Å². The van der Waals surface area contributed by atoms with Crippen LogP contribution in [0.15, 0.2) is 48.8 Å². The number of aryl methyl sites for hydroxylation is 1. The summed E-state index contributed by atoms with van der Waals surface area (Å²) < 4.78 is 1.86. The Morgan fingerprint density at radius 1 is 1.12 bits per heavy atom. The molecule has 3 aliphatic rings. The van der Waals surface area contributed by atoms with Crippen molar-refractivity contribution in [3.05, 3.63) is 54.5 Å². The Bertz CT molecular complexity index is 1220. The summed E-state index contributed by atoms with van der Waals surface area (Å²) in [4.78, 5) is 18.2. The molecule has 0 atom stereocenters. The molecule has 9 heteroatoms. The van der Waals surface area contributed by atoms with Gasteiger partial charge in [-0.3, -0.25) is 9.48 Å². The van der Waals surface area contributed by atoms with E-state index >= 15 is 0 Å². The molecule has 5 heterocycles. The van der Waals surface area contributed by atoms with Crippen molar-refractivity contribution >= 4 is 11.6 Å². The highest BCUT2D eigenvalue weighted by Crippen LogP contribution is 2.43. The maximum absolute atomic E-state index is 13.9. The summed E-state index contributed by atoms with van der Waals surface area (Å²) in [5.41, 5.74) is 2.96. The number of piperidine rings is 1. The number of hydrogen-bond donors (Lipinski definition) is 2. The lowest BCUT2D eigenvalue weighted by Gasteiger charge is -2.58. The van der Waals surface area contributed by atoms with Crippen LogP contribution in [0.1, 0.15) is 18.5 Å². The van der Waals surface area contributed by atoms with Gasteiger partial charge in [0.05, 0.1) is 28.7 Å². The van der Waals surface area contributed by atoms with Crippen molar-refractivity contribution in [1.29, 1.82) is 0 Å². The van der Waals surface area contributed by atoms with Gasteiger partial charge < -0.3 is 20.2 Å². The fourth-order valence-corrected chi connectivity index (χ4v) is 5.83. The van der Waals surface area contributed by atoms with Crippen LogP contribution in [-0.4, -0.2) is 75.2 Å². The first-order valence-electron chi connectivity index (χ1n) is 11.8. The number of amides is 1. The number of hydrogen-bond acceptors (Lipinski definition) is 7. The summed E-state index contributed by atoms with van der Waals surface area (Å²) in [6.45, 7) is 5.17. The lowest BCUT2D eigenvalue weighted by Crippen LogP contribution is -2.73. The maximum atomic E-state index is 13.9. The first-order chi connectivity index (χ1) is 16.5. The molecule has 1 aromatic carbocycles. The average molecular weight is 460 g/mol. The van der Waals surface area contributed by atoms with Crippen molar-refractivity contribution < 1.29 is 9.90 Å². The fraction of sp³-hybridized carbons (Fsp3) is 0.440. The number of aromatic hydroxyl groups is 1. The Morgan fingerprint density at radius 3 is 2.53 bits per heavy atom. The van der Waals surface area contributed by atoms with Gasteiger partial charge in [0.2, 0.25) is 5.91 Å². The highest BCUT2D eigenvalue weighted by Gasteiger charge is 2.55. The summed E-state index contributed by atoms with van der Waals surface area (Å²) in [5.74, 6) is 0.415. The van der Waals surface area contributed by atoms with Crippen LogP contribution in [0, 0.1) is 5.41 Å². The summed E-state index contributed by atoms with van der Waals surface area (Å²) in [6.07, 6.45) is 4.96. The number of aromatic nitrogens is 4. The third-order valence-corrected chi connectivity index (χ3v) is 7.86. The second-order valence-electron chi connectivity index (χ2n) is 9.99. The average Bonchev–Trinajstić information content (AvgIpc) is 3.24. The molecular weight excluding hydrogens is 430 g/mol. The molecule has 9 nitrogen and oxygen atoms in total. The predicted molar refractivity (Wildman–Crippen MR) is 127 cm³/mol. The fourth-order valence-electron chi connectivity index (χ4n) is 5.83. The SMILES string of the molecule is Cn1nccc1C1(C(=O)N2CC3(CNC3)C2)CCN(c2cnnc(-c3ccccc3O)c2)CC1. The Kier molecular flexibility index (Phi) is 4.84. The largest absolute Gasteiger partial charge is 0.507 e. The van der Waals surface area contributed by atoms with Crippen molar-refractivity contribution in [2.24, 2.45) is 12.5 Å². The second-order valence-corrected chi connectivity index (χ2v) is 9.99. The minimum atomic E-state index is -0.568. The molecule has 0 aliphatic carbocycles. The van der Waals surface area contributed by atoms with Crippen LogP contribution in [-0.2, 0) is 17.3 Å². The van der Waals surface area contributed by atoms with Gasteiger partial charge in [0, 0.05) is 63.5 Å². The molecule has 0 saturated carbocycles. The standard InChI is InChI=1S/C25H29N7O2/c1-30-22(6-9-28-30)25(23(34)32-16-24(17-32)14-26-15-24)7-10-31(11-8-25)18-12-20(29-27-13-18)19-4-2-3-5-21(19)33/h2-6,9,12-13,26,33H,7-8,10-11,14-17H2,1H3. The van der Waals surface area contributed by atoms with Gasteiger partial charge >= 0.3 is 0 Å². The van der Waals surface area contributed by atoms with Crippen LogP contribution in [0.5, 0.6) is 5.75 Å². The monoisotopic (exact) mass is 459 g/mol. The number of likely N-dealkylation sites (tertiary alicyclic amines) is 1. The number of anilines is 1. The Hall–Kier alpha value is -3.46. The number of nitrogens with one attached hydrogen (secondary N) is 1. The summed E-state index contributed by atoms with van der Waals surface area (Å²) in [6, 6.07) is 11.1. The second kappa shape index (κ2) is 7.80. The van der Waals surface area contributed by atoms with E-state index < -0.39 is 5.41 Å². The van der Waals surface area contributed by atoms with Crippen molar-refractivity contribution in [1.82, 2.24) is 30.2 Å². The van der Waals surface area contributed by atoms with Gasteiger partial charge in [-0.1, -0.05) is 12.1 Å². The van der Waals surface area contributed by atoms with Crippen molar-refractivity contribution in [2.75, 3.05) is 44.2 Å². The molecule has 34 heavy (non-hydrogen) atoms. The quantitative estimate of drug-likeness (QED) is 0.611. The maximum Gasteiger partial charge on any atom is 0.234 e. The molecule has 3 aromatic rings. The van der Waals surface area contributed by atoms with Gasteiger partial charge in [0.25, 0.3) is 0 Å². The van der Waals surface area contributed by atoms with Crippen LogP contribution in [0.4, 0.5) is 5.69 Å².